The minimum Gasteiger partial charge on any atom is -0.457 e. The second kappa shape index (κ2) is 15.1. The van der Waals surface area contributed by atoms with E-state index in [-0.39, 0.29) is 36.5 Å². The van der Waals surface area contributed by atoms with Crippen LogP contribution in [0, 0.1) is 28.6 Å². The van der Waals surface area contributed by atoms with Crippen LogP contribution >= 0.6 is 0 Å². The van der Waals surface area contributed by atoms with Crippen molar-refractivity contribution in [1.82, 2.24) is 5.32 Å². The molecule has 11 atom stereocenters. The molecule has 2 N–H and O–H groups in total. The Hall–Kier alpha value is -5.08. The number of rotatable bonds is 9. The van der Waals surface area contributed by atoms with Crippen LogP contribution < -0.4 is 5.32 Å². The molecular formula is C46H55NO13. The second-order valence-electron chi connectivity index (χ2n) is 18.6. The summed E-state index contributed by atoms with van der Waals surface area (Å²) in [6, 6.07) is 16.1. The maximum Gasteiger partial charge on any atom is 0.408 e. The molecule has 5 aliphatic rings. The van der Waals surface area contributed by atoms with Gasteiger partial charge in [-0.05, 0) is 82.2 Å². The van der Waals surface area contributed by atoms with Gasteiger partial charge in [-0.1, -0.05) is 62.4 Å². The number of ketones is 1. The smallest absolute Gasteiger partial charge is 0.408 e. The first-order chi connectivity index (χ1) is 28.1. The summed E-state index contributed by atoms with van der Waals surface area (Å²) < 4.78 is 36.6. The number of ether oxygens (including phenoxy) is 6. The van der Waals surface area contributed by atoms with E-state index in [2.05, 4.69) is 5.32 Å². The van der Waals surface area contributed by atoms with Crippen LogP contribution in [0.4, 0.5) is 4.79 Å². The Kier molecular flexibility index (Phi) is 10.8. The first-order valence-corrected chi connectivity index (χ1v) is 20.5. The highest BCUT2D eigenvalue weighted by Gasteiger charge is 2.84. The van der Waals surface area contributed by atoms with Gasteiger partial charge in [0, 0.05) is 31.1 Å². The van der Waals surface area contributed by atoms with Gasteiger partial charge in [-0.3, -0.25) is 19.2 Å². The number of amides is 1. The van der Waals surface area contributed by atoms with Crippen molar-refractivity contribution >= 4 is 35.8 Å². The Bertz CT molecular complexity index is 2110. The average Bonchev–Trinajstić information content (AvgIpc) is 3.90. The average molecular weight is 830 g/mol. The van der Waals surface area contributed by atoms with E-state index in [0.717, 1.165) is 0 Å². The second-order valence-corrected chi connectivity index (χ2v) is 18.6. The number of benzene rings is 2. The maximum atomic E-state index is 15.5. The third kappa shape index (κ3) is 7.08. The van der Waals surface area contributed by atoms with Crippen LogP contribution in [-0.2, 0) is 47.6 Å². The molecular weight excluding hydrogens is 774 g/mol. The van der Waals surface area contributed by atoms with Crippen molar-refractivity contribution in [2.45, 2.75) is 129 Å². The van der Waals surface area contributed by atoms with Crippen LogP contribution in [0.25, 0.3) is 0 Å². The Morgan fingerprint density at radius 1 is 0.900 bits per heavy atom. The molecule has 1 amide bonds. The Balaban J connectivity index is 1.37. The fourth-order valence-corrected chi connectivity index (χ4v) is 10.6. The molecule has 4 aliphatic carbocycles. The predicted octanol–water partition coefficient (Wildman–Crippen LogP) is 5.74. The Labute approximate surface area is 349 Å². The molecule has 4 fully saturated rings. The van der Waals surface area contributed by atoms with Crippen molar-refractivity contribution < 1.29 is 62.3 Å². The molecule has 1 heterocycles. The summed E-state index contributed by atoms with van der Waals surface area (Å²) >= 11 is 0. The molecule has 14 heteroatoms. The third-order valence-corrected chi connectivity index (χ3v) is 13.5. The van der Waals surface area contributed by atoms with Gasteiger partial charge < -0.3 is 38.8 Å². The minimum absolute atomic E-state index is 0.138. The number of carbonyl (C=O) groups is 6. The van der Waals surface area contributed by atoms with E-state index in [4.69, 9.17) is 28.4 Å². The van der Waals surface area contributed by atoms with Gasteiger partial charge in [0.05, 0.1) is 30.0 Å². The molecule has 3 saturated carbocycles. The monoisotopic (exact) mass is 829 g/mol. The Morgan fingerprint density at radius 2 is 1.53 bits per heavy atom. The molecule has 1 saturated heterocycles. The van der Waals surface area contributed by atoms with Crippen LogP contribution in [0.15, 0.2) is 71.8 Å². The number of aliphatic hydroxyl groups is 1. The molecule has 0 radical (unpaired) electrons. The number of fused-ring (bicyclic) bond motifs is 4. The van der Waals surface area contributed by atoms with Crippen molar-refractivity contribution in [3.63, 3.8) is 0 Å². The fraction of sp³-hybridized carbons (Fsp3) is 0.565. The van der Waals surface area contributed by atoms with Crippen LogP contribution in [0.3, 0.4) is 0 Å². The molecule has 2 aromatic rings. The zero-order valence-electron chi connectivity index (χ0n) is 35.6. The SMILES string of the molecule is CC(=O)O[C@H]1C(=O)[C@]23C[C@H]2C[C@H]2OC[C@@]2(OC(C)=O)C3[C@H](OC(=O)c2ccccc2)[C@]2(O)C[C@H](OC(=O)[C@H](C)[C@@H](NC(=O)OC(C)(C)C)c3ccccc3)C(C)=C1C2(C)C. The van der Waals surface area contributed by atoms with Crippen LogP contribution in [0.2, 0.25) is 0 Å². The number of nitrogens with one attached hydrogen (secondary N) is 1. The molecule has 60 heavy (non-hydrogen) atoms. The molecule has 0 aromatic heterocycles. The minimum atomic E-state index is -2.16. The van der Waals surface area contributed by atoms with Crippen LogP contribution in [0.5, 0.6) is 0 Å². The van der Waals surface area contributed by atoms with Gasteiger partial charge in [0.1, 0.15) is 29.5 Å². The van der Waals surface area contributed by atoms with E-state index in [1.54, 1.807) is 109 Å². The fourth-order valence-electron chi connectivity index (χ4n) is 10.6. The summed E-state index contributed by atoms with van der Waals surface area (Å²) in [6.45, 7) is 14.1. The molecule has 1 spiro atoms. The van der Waals surface area contributed by atoms with Gasteiger partial charge in [-0.15, -0.1) is 0 Å². The number of hydrogen-bond acceptors (Lipinski definition) is 13. The lowest BCUT2D eigenvalue weighted by Gasteiger charge is -2.64. The first kappa shape index (κ1) is 43.0. The number of hydrogen-bond donors (Lipinski definition) is 2. The molecule has 2 bridgehead atoms. The third-order valence-electron chi connectivity index (χ3n) is 13.5. The van der Waals surface area contributed by atoms with Gasteiger partial charge in [0.2, 0.25) is 0 Å². The topological polar surface area (TPSA) is 190 Å². The number of esters is 4. The van der Waals surface area contributed by atoms with E-state index in [1.807, 2.05) is 0 Å². The van der Waals surface area contributed by atoms with Crippen molar-refractivity contribution in [3.05, 3.63) is 82.9 Å². The number of Topliss-reactive ketones (excluding diaryl/α,β-unsaturated/α-hetero) is 1. The zero-order chi connectivity index (χ0) is 43.7. The molecule has 2 aromatic carbocycles. The summed E-state index contributed by atoms with van der Waals surface area (Å²) in [7, 11) is 0. The summed E-state index contributed by atoms with van der Waals surface area (Å²) in [6.07, 6.45) is -5.50. The Morgan fingerprint density at radius 3 is 2.10 bits per heavy atom. The van der Waals surface area contributed by atoms with E-state index >= 15 is 4.79 Å². The summed E-state index contributed by atoms with van der Waals surface area (Å²) in [5.74, 6) is -5.99. The summed E-state index contributed by atoms with van der Waals surface area (Å²) in [5, 5.41) is 16.5. The normalized spacial score (nSPS) is 33.3. The van der Waals surface area contributed by atoms with E-state index in [9.17, 15) is 29.1 Å². The standard InChI is InChI=1S/C46H55NO13/c1-24-31(57-39(51)25(2)34(28-16-12-10-13-17-28)47-41(53)60-42(5,6)7)22-46(54)38(58-40(52)29-18-14-11-15-19-29)36-44(37(50)35(56-26(3)48)33(24)43(46,8)9)21-30(44)20-32-45(36,23-55-32)59-27(4)49/h10-19,25,30-32,34-36,38,54H,20-23H2,1-9H3,(H,47,53)/t25-,30-,31+,32-,34-,35-,36?,38+,44-,45+,46-/m1/s1. The highest BCUT2D eigenvalue weighted by atomic mass is 16.6. The lowest BCUT2D eigenvalue weighted by Crippen LogP contribution is -2.78. The highest BCUT2D eigenvalue weighted by Crippen LogP contribution is 2.74. The lowest BCUT2D eigenvalue weighted by atomic mass is 9.48. The largest absolute Gasteiger partial charge is 0.457 e. The number of carbonyl (C=O) groups excluding carboxylic acids is 6. The quantitative estimate of drug-likeness (QED) is 0.177. The van der Waals surface area contributed by atoms with Gasteiger partial charge >= 0.3 is 30.0 Å². The molecule has 14 nitrogen and oxygen atoms in total. The van der Waals surface area contributed by atoms with Gasteiger partial charge in [-0.25, -0.2) is 9.59 Å². The van der Waals surface area contributed by atoms with E-state index in [0.29, 0.717) is 17.6 Å². The molecule has 322 valence electrons. The molecule has 1 aliphatic heterocycles. The van der Waals surface area contributed by atoms with Crippen LogP contribution in [-0.4, -0.2) is 88.7 Å². The predicted molar refractivity (Wildman–Crippen MR) is 213 cm³/mol. The van der Waals surface area contributed by atoms with Gasteiger partial charge in [0.15, 0.2) is 17.5 Å². The maximum absolute atomic E-state index is 15.5. The van der Waals surface area contributed by atoms with Crippen LogP contribution in [0.1, 0.15) is 104 Å². The van der Waals surface area contributed by atoms with Crippen molar-refractivity contribution in [3.8, 4) is 0 Å². The lowest BCUT2D eigenvalue weighted by molar-refractivity contribution is -0.323. The summed E-state index contributed by atoms with van der Waals surface area (Å²) in [4.78, 5) is 83.3. The highest BCUT2D eigenvalue weighted by molar-refractivity contribution is 5.97. The molecule has 7 rings (SSSR count). The molecule has 1 unspecified atom stereocenters. The van der Waals surface area contributed by atoms with E-state index < -0.39 is 106 Å². The van der Waals surface area contributed by atoms with Crippen molar-refractivity contribution in [2.75, 3.05) is 6.61 Å². The zero-order valence-corrected chi connectivity index (χ0v) is 35.6. The first-order valence-electron chi connectivity index (χ1n) is 20.5. The van der Waals surface area contributed by atoms with E-state index in [1.165, 1.54) is 13.8 Å². The number of alkyl carbamates (subject to hydrolysis) is 1. The van der Waals surface area contributed by atoms with Gasteiger partial charge in [0.25, 0.3) is 0 Å². The van der Waals surface area contributed by atoms with Gasteiger partial charge in [-0.2, -0.15) is 0 Å². The van der Waals surface area contributed by atoms with Crippen molar-refractivity contribution in [1.29, 1.82) is 0 Å². The summed E-state index contributed by atoms with van der Waals surface area (Å²) in [5.41, 5.74) is -6.01. The van der Waals surface area contributed by atoms with Crippen molar-refractivity contribution in [2.24, 2.45) is 28.6 Å².